The SMILES string of the molecule is CC(C)(C)[S@@+]([O-])N[C@@H](c1cc2c(cc1F)CCO2)[C@H](F)C[C@@H]1C(=O)NC(=O)N(C2CCOCC2)C1=O. The smallest absolute Gasteiger partial charge is 0.331 e. The number of imide groups is 2. The maximum atomic E-state index is 16.0. The van der Waals surface area contributed by atoms with E-state index in [1.807, 2.05) is 0 Å². The average molecular weight is 528 g/mol. The summed E-state index contributed by atoms with van der Waals surface area (Å²) in [6.07, 6.45) is -1.28. The van der Waals surface area contributed by atoms with Gasteiger partial charge in [-0.25, -0.2) is 13.6 Å². The summed E-state index contributed by atoms with van der Waals surface area (Å²) in [4.78, 5) is 39.2. The monoisotopic (exact) mass is 527 g/mol. The van der Waals surface area contributed by atoms with E-state index < -0.39 is 70.4 Å². The van der Waals surface area contributed by atoms with Gasteiger partial charge in [0.2, 0.25) is 11.8 Å². The third kappa shape index (κ3) is 5.51. The highest BCUT2D eigenvalue weighted by molar-refractivity contribution is 7.90. The van der Waals surface area contributed by atoms with Crippen LogP contribution in [0, 0.1) is 11.7 Å². The van der Waals surface area contributed by atoms with E-state index in [2.05, 4.69) is 10.0 Å². The van der Waals surface area contributed by atoms with Gasteiger partial charge in [-0.3, -0.25) is 19.8 Å². The van der Waals surface area contributed by atoms with Crippen molar-refractivity contribution < 1.29 is 37.2 Å². The molecule has 198 valence electrons. The van der Waals surface area contributed by atoms with Gasteiger partial charge in [0, 0.05) is 54.6 Å². The van der Waals surface area contributed by atoms with Gasteiger partial charge in [0.1, 0.15) is 34.4 Å². The summed E-state index contributed by atoms with van der Waals surface area (Å²) in [6.45, 7) is 6.12. The number of amides is 4. The largest absolute Gasteiger partial charge is 0.598 e. The molecule has 4 atom stereocenters. The summed E-state index contributed by atoms with van der Waals surface area (Å²) < 4.78 is 56.6. The molecule has 1 aromatic carbocycles. The Bertz CT molecular complexity index is 1030. The lowest BCUT2D eigenvalue weighted by molar-refractivity contribution is -0.146. The molecule has 1 aromatic rings. The van der Waals surface area contributed by atoms with Crippen molar-refractivity contribution in [3.05, 3.63) is 29.1 Å². The van der Waals surface area contributed by atoms with Gasteiger partial charge in [0.15, 0.2) is 0 Å². The zero-order valence-corrected chi connectivity index (χ0v) is 21.3. The normalized spacial score (nSPS) is 23.7. The Hall–Kier alpha value is -2.28. The fraction of sp³-hybridized carbons (Fsp3) is 0.625. The van der Waals surface area contributed by atoms with E-state index in [9.17, 15) is 18.9 Å². The van der Waals surface area contributed by atoms with E-state index in [1.165, 1.54) is 12.1 Å². The van der Waals surface area contributed by atoms with Crippen molar-refractivity contribution in [2.24, 2.45) is 5.92 Å². The first-order valence-electron chi connectivity index (χ1n) is 12.0. The van der Waals surface area contributed by atoms with Crippen molar-refractivity contribution in [2.75, 3.05) is 19.8 Å². The van der Waals surface area contributed by atoms with E-state index >= 15 is 8.78 Å². The van der Waals surface area contributed by atoms with Crippen LogP contribution in [-0.4, -0.2) is 64.1 Å². The van der Waals surface area contributed by atoms with Crippen molar-refractivity contribution >= 4 is 29.2 Å². The zero-order chi connectivity index (χ0) is 26.2. The van der Waals surface area contributed by atoms with Gasteiger partial charge >= 0.3 is 6.03 Å². The second-order valence-corrected chi connectivity index (χ2v) is 12.2. The van der Waals surface area contributed by atoms with Gasteiger partial charge < -0.3 is 14.0 Å². The van der Waals surface area contributed by atoms with Crippen molar-refractivity contribution in [3.8, 4) is 5.75 Å². The zero-order valence-electron chi connectivity index (χ0n) is 20.5. The van der Waals surface area contributed by atoms with Crippen molar-refractivity contribution in [1.82, 2.24) is 14.9 Å². The van der Waals surface area contributed by atoms with Gasteiger partial charge in [-0.05, 0) is 45.7 Å². The molecule has 4 rings (SSSR count). The molecule has 2 fully saturated rings. The van der Waals surface area contributed by atoms with Crippen LogP contribution >= 0.6 is 0 Å². The highest BCUT2D eigenvalue weighted by atomic mass is 32.2. The van der Waals surface area contributed by atoms with Crippen molar-refractivity contribution in [2.45, 2.75) is 69.5 Å². The average Bonchev–Trinajstić information content (AvgIpc) is 3.26. The summed E-state index contributed by atoms with van der Waals surface area (Å²) in [5, 5.41) is 2.15. The van der Waals surface area contributed by atoms with Crippen LogP contribution in [0.4, 0.5) is 13.6 Å². The van der Waals surface area contributed by atoms with E-state index in [-0.39, 0.29) is 5.56 Å². The first-order chi connectivity index (χ1) is 17.0. The number of benzene rings is 1. The number of hydrogen-bond acceptors (Lipinski definition) is 7. The van der Waals surface area contributed by atoms with Crippen LogP contribution in [0.3, 0.4) is 0 Å². The molecule has 0 unspecified atom stereocenters. The summed E-state index contributed by atoms with van der Waals surface area (Å²) in [5.41, 5.74) is 0.539. The first kappa shape index (κ1) is 26.8. The molecule has 12 heteroatoms. The quantitative estimate of drug-likeness (QED) is 0.413. The van der Waals surface area contributed by atoms with Gasteiger partial charge in [-0.2, -0.15) is 0 Å². The molecular weight excluding hydrogens is 496 g/mol. The number of halogens is 2. The minimum atomic E-state index is -1.99. The molecule has 0 aromatic heterocycles. The minimum absolute atomic E-state index is 0.109. The molecule has 0 bridgehead atoms. The molecule has 2 N–H and O–H groups in total. The van der Waals surface area contributed by atoms with Crippen LogP contribution in [0.2, 0.25) is 0 Å². The Kier molecular flexibility index (Phi) is 7.89. The summed E-state index contributed by atoms with van der Waals surface area (Å²) >= 11 is -1.80. The maximum absolute atomic E-state index is 16.0. The van der Waals surface area contributed by atoms with Crippen LogP contribution in [-0.2, 0) is 32.1 Å². The standard InChI is InChI=1S/C24H31F2N3O6S/c1-24(2,3)36(33)28-20(15-12-19-13(4-9-35-19)10-17(15)25)18(26)11-16-21(30)27-23(32)29(22(16)31)14-5-7-34-8-6-14/h10,12,14,16,18,20,28H,4-9,11H2,1-3H3,(H,27,30,32)/t16-,18-,20+,36-/m1/s1. The van der Waals surface area contributed by atoms with E-state index in [0.717, 1.165) is 4.90 Å². The molecule has 0 radical (unpaired) electrons. The first-order valence-corrected chi connectivity index (χ1v) is 13.1. The second-order valence-electron chi connectivity index (χ2n) is 10.2. The van der Waals surface area contributed by atoms with Crippen LogP contribution in [0.25, 0.3) is 0 Å². The highest BCUT2D eigenvalue weighted by Crippen LogP contribution is 2.36. The summed E-state index contributed by atoms with van der Waals surface area (Å²) in [7, 11) is 0. The minimum Gasteiger partial charge on any atom is -0.598 e. The molecule has 3 aliphatic rings. The van der Waals surface area contributed by atoms with Crippen LogP contribution in [0.15, 0.2) is 12.1 Å². The van der Waals surface area contributed by atoms with E-state index in [1.54, 1.807) is 20.8 Å². The van der Waals surface area contributed by atoms with Gasteiger partial charge in [-0.15, -0.1) is 4.72 Å². The number of hydrogen-bond donors (Lipinski definition) is 2. The molecule has 9 nitrogen and oxygen atoms in total. The van der Waals surface area contributed by atoms with Gasteiger partial charge in [0.05, 0.1) is 6.61 Å². The highest BCUT2D eigenvalue weighted by Gasteiger charge is 2.46. The predicted molar refractivity (Wildman–Crippen MR) is 127 cm³/mol. The van der Waals surface area contributed by atoms with E-state index in [4.69, 9.17) is 9.47 Å². The molecule has 3 aliphatic heterocycles. The fourth-order valence-corrected chi connectivity index (χ4v) is 5.42. The van der Waals surface area contributed by atoms with Crippen LogP contribution in [0.1, 0.15) is 57.2 Å². The summed E-state index contributed by atoms with van der Waals surface area (Å²) in [5.74, 6) is -3.50. The summed E-state index contributed by atoms with van der Waals surface area (Å²) in [6, 6.07) is -0.0948. The number of nitrogens with zero attached hydrogens (tertiary/aromatic N) is 1. The number of urea groups is 1. The lowest BCUT2D eigenvalue weighted by Gasteiger charge is -2.38. The Morgan fingerprint density at radius 1 is 1.22 bits per heavy atom. The topological polar surface area (TPSA) is 120 Å². The number of rotatable bonds is 7. The molecule has 2 saturated heterocycles. The lowest BCUT2D eigenvalue weighted by Crippen LogP contribution is -2.62. The number of carbonyl (C=O) groups excluding carboxylic acids is 3. The second kappa shape index (κ2) is 10.6. The fourth-order valence-electron chi connectivity index (χ4n) is 4.56. The Morgan fingerprint density at radius 2 is 1.92 bits per heavy atom. The number of nitrogens with one attached hydrogen (secondary N) is 2. The number of alkyl halides is 1. The number of fused-ring (bicyclic) bond motifs is 1. The third-order valence-corrected chi connectivity index (χ3v) is 8.19. The molecule has 0 spiro atoms. The molecular formula is C24H31F2N3O6S. The van der Waals surface area contributed by atoms with Crippen LogP contribution in [0.5, 0.6) is 5.75 Å². The molecule has 3 heterocycles. The van der Waals surface area contributed by atoms with Crippen LogP contribution < -0.4 is 14.8 Å². The Labute approximate surface area is 211 Å². The lowest BCUT2D eigenvalue weighted by atomic mass is 9.90. The number of ether oxygens (including phenoxy) is 2. The molecule has 0 saturated carbocycles. The van der Waals surface area contributed by atoms with Gasteiger partial charge in [-0.1, -0.05) is 0 Å². The Morgan fingerprint density at radius 3 is 2.58 bits per heavy atom. The maximum Gasteiger partial charge on any atom is 0.331 e. The van der Waals surface area contributed by atoms with Gasteiger partial charge in [0.25, 0.3) is 0 Å². The predicted octanol–water partition coefficient (Wildman–Crippen LogP) is 2.46. The van der Waals surface area contributed by atoms with Crippen molar-refractivity contribution in [3.63, 3.8) is 0 Å². The molecule has 4 amide bonds. The molecule has 36 heavy (non-hydrogen) atoms. The van der Waals surface area contributed by atoms with Crippen molar-refractivity contribution in [1.29, 1.82) is 0 Å². The van der Waals surface area contributed by atoms with E-state index in [0.29, 0.717) is 50.4 Å². The number of barbiturate groups is 1. The Balaban J connectivity index is 1.61. The third-order valence-electron chi connectivity index (χ3n) is 6.61. The number of carbonyl (C=O) groups is 3. The molecule has 0 aliphatic carbocycles.